The zero-order valence-corrected chi connectivity index (χ0v) is 15.1. The molecule has 0 bridgehead atoms. The lowest BCUT2D eigenvalue weighted by molar-refractivity contribution is -0.171. The lowest BCUT2D eigenvalue weighted by Gasteiger charge is -2.63. The molecule has 1 spiro atoms. The minimum absolute atomic E-state index is 0.109. The second-order valence-electron chi connectivity index (χ2n) is 7.41. The van der Waals surface area contributed by atoms with Crippen molar-refractivity contribution in [1.82, 2.24) is 10.6 Å². The highest BCUT2D eigenvalue weighted by Crippen LogP contribution is 2.62. The molecule has 3 aliphatic rings. The van der Waals surface area contributed by atoms with Gasteiger partial charge in [0.2, 0.25) is 0 Å². The molecule has 2 N–H and O–H groups in total. The van der Waals surface area contributed by atoms with Crippen LogP contribution >= 0.6 is 11.6 Å². The SMILES string of the molecule is CN=C(NC(C)c1ccccc1Cl)NC1C2CCOC2C12CCC2. The number of nitrogens with one attached hydrogen (secondary N) is 2. The predicted molar refractivity (Wildman–Crippen MR) is 97.4 cm³/mol. The Balaban J connectivity index is 1.44. The number of rotatable bonds is 3. The van der Waals surface area contributed by atoms with Crippen LogP contribution < -0.4 is 10.6 Å². The second-order valence-corrected chi connectivity index (χ2v) is 7.82. The lowest BCUT2D eigenvalue weighted by Crippen LogP contribution is -2.72. The van der Waals surface area contributed by atoms with Gasteiger partial charge in [0.15, 0.2) is 5.96 Å². The van der Waals surface area contributed by atoms with Gasteiger partial charge in [-0.3, -0.25) is 4.99 Å². The Morgan fingerprint density at radius 1 is 1.38 bits per heavy atom. The van der Waals surface area contributed by atoms with Gasteiger partial charge in [-0.05, 0) is 37.8 Å². The van der Waals surface area contributed by atoms with Gasteiger partial charge in [-0.1, -0.05) is 36.2 Å². The number of benzene rings is 1. The van der Waals surface area contributed by atoms with Crippen LogP contribution in [0.3, 0.4) is 0 Å². The zero-order valence-electron chi connectivity index (χ0n) is 14.4. The average molecular weight is 348 g/mol. The van der Waals surface area contributed by atoms with Crippen molar-refractivity contribution < 1.29 is 4.74 Å². The van der Waals surface area contributed by atoms with E-state index in [0.717, 1.165) is 23.2 Å². The number of guanidine groups is 1. The Morgan fingerprint density at radius 3 is 2.83 bits per heavy atom. The van der Waals surface area contributed by atoms with Gasteiger partial charge in [0.25, 0.3) is 0 Å². The summed E-state index contributed by atoms with van der Waals surface area (Å²) in [4.78, 5) is 4.45. The van der Waals surface area contributed by atoms with Crippen LogP contribution in [0.15, 0.2) is 29.3 Å². The summed E-state index contributed by atoms with van der Waals surface area (Å²) in [5.41, 5.74) is 1.45. The third-order valence-corrected chi connectivity index (χ3v) is 6.62. The van der Waals surface area contributed by atoms with Crippen molar-refractivity contribution in [2.24, 2.45) is 16.3 Å². The van der Waals surface area contributed by atoms with Gasteiger partial charge >= 0.3 is 0 Å². The number of hydrogen-bond acceptors (Lipinski definition) is 2. The van der Waals surface area contributed by atoms with Gasteiger partial charge < -0.3 is 15.4 Å². The number of hydrogen-bond donors (Lipinski definition) is 2. The molecule has 130 valence electrons. The summed E-state index contributed by atoms with van der Waals surface area (Å²) in [5.74, 6) is 1.50. The summed E-state index contributed by atoms with van der Waals surface area (Å²) in [6, 6.07) is 8.57. The van der Waals surface area contributed by atoms with Crippen molar-refractivity contribution in [1.29, 1.82) is 0 Å². The van der Waals surface area contributed by atoms with Crippen molar-refractivity contribution in [3.63, 3.8) is 0 Å². The Kier molecular flexibility index (Phi) is 4.21. The maximum absolute atomic E-state index is 6.32. The van der Waals surface area contributed by atoms with Crippen molar-refractivity contribution in [2.45, 2.75) is 50.8 Å². The molecule has 0 amide bonds. The van der Waals surface area contributed by atoms with Crippen LogP contribution in [0.4, 0.5) is 0 Å². The molecule has 1 saturated heterocycles. The smallest absolute Gasteiger partial charge is 0.191 e. The monoisotopic (exact) mass is 347 g/mol. The van der Waals surface area contributed by atoms with Gasteiger partial charge in [0.05, 0.1) is 12.1 Å². The number of ether oxygens (including phenoxy) is 1. The van der Waals surface area contributed by atoms with Crippen LogP contribution in [0.2, 0.25) is 5.02 Å². The Hall–Kier alpha value is -1.26. The summed E-state index contributed by atoms with van der Waals surface area (Å²) >= 11 is 6.32. The third-order valence-electron chi connectivity index (χ3n) is 6.28. The number of aliphatic imine (C=N–C) groups is 1. The zero-order chi connectivity index (χ0) is 16.7. The van der Waals surface area contributed by atoms with Crippen molar-refractivity contribution in [2.75, 3.05) is 13.7 Å². The first-order chi connectivity index (χ1) is 11.7. The molecule has 1 aromatic rings. The molecule has 24 heavy (non-hydrogen) atoms. The summed E-state index contributed by atoms with van der Waals surface area (Å²) in [5, 5.41) is 7.99. The summed E-state index contributed by atoms with van der Waals surface area (Å²) in [7, 11) is 1.84. The molecule has 1 heterocycles. The van der Waals surface area contributed by atoms with Crippen molar-refractivity contribution in [3.05, 3.63) is 34.9 Å². The standard InChI is InChI=1S/C19H26ClN3O/c1-12(13-6-3-4-7-15(13)20)22-18(21-2)23-16-14-8-11-24-17(14)19(16)9-5-10-19/h3-4,6-7,12,14,16-17H,5,8-11H2,1-2H3,(H2,21,22,23). The van der Waals surface area contributed by atoms with E-state index in [9.17, 15) is 0 Å². The molecular weight excluding hydrogens is 322 g/mol. The van der Waals surface area contributed by atoms with E-state index >= 15 is 0 Å². The topological polar surface area (TPSA) is 45.7 Å². The molecule has 4 rings (SSSR count). The van der Waals surface area contributed by atoms with Crippen molar-refractivity contribution >= 4 is 17.6 Å². The highest BCUT2D eigenvalue weighted by Gasteiger charge is 2.66. The Labute approximate surface area is 149 Å². The van der Waals surface area contributed by atoms with Crippen LogP contribution in [0.1, 0.15) is 44.2 Å². The van der Waals surface area contributed by atoms with E-state index in [-0.39, 0.29) is 6.04 Å². The third kappa shape index (κ3) is 2.42. The minimum atomic E-state index is 0.109. The van der Waals surface area contributed by atoms with E-state index < -0.39 is 0 Å². The van der Waals surface area contributed by atoms with Gasteiger partial charge in [-0.25, -0.2) is 0 Å². The fraction of sp³-hybridized carbons (Fsp3) is 0.632. The van der Waals surface area contributed by atoms with Crippen molar-refractivity contribution in [3.8, 4) is 0 Å². The maximum atomic E-state index is 6.32. The van der Waals surface area contributed by atoms with Crippen LogP contribution in [-0.4, -0.2) is 31.8 Å². The van der Waals surface area contributed by atoms with Gasteiger partial charge in [0, 0.05) is 36.1 Å². The molecule has 4 unspecified atom stereocenters. The minimum Gasteiger partial charge on any atom is -0.377 e. The average Bonchev–Trinajstić information content (AvgIpc) is 2.95. The predicted octanol–water partition coefficient (Wildman–Crippen LogP) is 3.52. The molecule has 1 aliphatic heterocycles. The highest BCUT2D eigenvalue weighted by molar-refractivity contribution is 6.31. The fourth-order valence-electron chi connectivity index (χ4n) is 4.88. The molecule has 4 atom stereocenters. The number of fused-ring (bicyclic) bond motifs is 2. The van der Waals surface area contributed by atoms with Gasteiger partial charge in [0.1, 0.15) is 0 Å². The number of halogens is 1. The molecule has 5 heteroatoms. The molecular formula is C19H26ClN3O. The maximum Gasteiger partial charge on any atom is 0.191 e. The van der Waals surface area contributed by atoms with Crippen LogP contribution in [-0.2, 0) is 4.74 Å². The first-order valence-corrected chi connectivity index (χ1v) is 9.39. The first kappa shape index (κ1) is 16.2. The Bertz CT molecular complexity index is 643. The molecule has 4 nitrogen and oxygen atoms in total. The summed E-state index contributed by atoms with van der Waals surface area (Å²) < 4.78 is 6.00. The van der Waals surface area contributed by atoms with E-state index in [4.69, 9.17) is 16.3 Å². The molecule has 2 saturated carbocycles. The highest BCUT2D eigenvalue weighted by atomic mass is 35.5. The summed E-state index contributed by atoms with van der Waals surface area (Å²) in [6.07, 6.45) is 5.53. The van der Waals surface area contributed by atoms with E-state index in [0.29, 0.717) is 23.5 Å². The molecule has 3 fully saturated rings. The van der Waals surface area contributed by atoms with E-state index in [1.165, 1.54) is 25.7 Å². The fourth-order valence-corrected chi connectivity index (χ4v) is 5.18. The van der Waals surface area contributed by atoms with E-state index in [1.54, 1.807) is 0 Å². The molecule has 2 aliphatic carbocycles. The normalized spacial score (nSPS) is 31.8. The van der Waals surface area contributed by atoms with Gasteiger partial charge in [-0.15, -0.1) is 0 Å². The number of nitrogens with zero attached hydrogens (tertiary/aromatic N) is 1. The molecule has 0 aromatic heterocycles. The Morgan fingerprint density at radius 2 is 2.17 bits per heavy atom. The second kappa shape index (κ2) is 6.23. The largest absolute Gasteiger partial charge is 0.377 e. The van der Waals surface area contributed by atoms with Crippen LogP contribution in [0, 0.1) is 11.3 Å². The van der Waals surface area contributed by atoms with E-state index in [2.05, 4.69) is 28.6 Å². The first-order valence-electron chi connectivity index (χ1n) is 9.01. The van der Waals surface area contributed by atoms with E-state index in [1.807, 2.05) is 25.2 Å². The summed E-state index contributed by atoms with van der Waals surface area (Å²) in [6.45, 7) is 3.03. The molecule has 0 radical (unpaired) electrons. The van der Waals surface area contributed by atoms with Gasteiger partial charge in [-0.2, -0.15) is 0 Å². The lowest BCUT2D eigenvalue weighted by atomic mass is 9.46. The quantitative estimate of drug-likeness (QED) is 0.649. The molecule has 1 aromatic carbocycles. The van der Waals surface area contributed by atoms with Crippen LogP contribution in [0.25, 0.3) is 0 Å². The van der Waals surface area contributed by atoms with Crippen LogP contribution in [0.5, 0.6) is 0 Å².